The molecule has 6 heteroatoms. The number of halogens is 2. The molecule has 0 aliphatic heterocycles. The van der Waals surface area contributed by atoms with E-state index in [9.17, 15) is 4.39 Å². The third kappa shape index (κ3) is 2.98. The first-order valence-electron chi connectivity index (χ1n) is 6.26. The Balaban J connectivity index is 1.97. The molecular formula is C16H8ClFN2OS. The van der Waals surface area contributed by atoms with Crippen LogP contribution in [0.4, 0.5) is 4.39 Å². The Hall–Kier alpha value is -2.29. The van der Waals surface area contributed by atoms with Crippen LogP contribution in [0.2, 0.25) is 5.02 Å². The van der Waals surface area contributed by atoms with E-state index in [4.69, 9.17) is 21.3 Å². The molecule has 0 aliphatic rings. The van der Waals surface area contributed by atoms with Crippen LogP contribution in [0, 0.1) is 17.1 Å². The first kappa shape index (κ1) is 14.6. The Bertz CT molecular complexity index is 855. The van der Waals surface area contributed by atoms with Gasteiger partial charge in [0.25, 0.3) is 0 Å². The minimum atomic E-state index is -0.448. The maximum absolute atomic E-state index is 13.8. The highest BCUT2D eigenvalue weighted by atomic mass is 35.5. The van der Waals surface area contributed by atoms with E-state index in [2.05, 4.69) is 4.98 Å². The summed E-state index contributed by atoms with van der Waals surface area (Å²) in [6.07, 6.45) is 0. The highest BCUT2D eigenvalue weighted by molar-refractivity contribution is 7.99. The fourth-order valence-corrected chi connectivity index (χ4v) is 2.73. The lowest BCUT2D eigenvalue weighted by molar-refractivity contribution is 0.479. The van der Waals surface area contributed by atoms with Crippen LogP contribution in [0.1, 0.15) is 5.69 Å². The fourth-order valence-electron chi connectivity index (χ4n) is 1.81. The van der Waals surface area contributed by atoms with E-state index in [1.54, 1.807) is 42.5 Å². The maximum Gasteiger partial charge on any atom is 0.231 e. The van der Waals surface area contributed by atoms with E-state index in [0.29, 0.717) is 10.1 Å². The normalized spacial score (nSPS) is 10.4. The third-order valence-electron chi connectivity index (χ3n) is 2.83. The Morgan fingerprint density at radius 2 is 1.86 bits per heavy atom. The number of rotatable bonds is 3. The summed E-state index contributed by atoms with van der Waals surface area (Å²) in [6.45, 7) is 0. The van der Waals surface area contributed by atoms with Crippen molar-refractivity contribution >= 4 is 23.4 Å². The van der Waals surface area contributed by atoms with Gasteiger partial charge in [0, 0.05) is 9.92 Å². The topological polar surface area (TPSA) is 49.8 Å². The van der Waals surface area contributed by atoms with E-state index in [0.717, 1.165) is 4.90 Å². The summed E-state index contributed by atoms with van der Waals surface area (Å²) in [6, 6.07) is 15.2. The fraction of sp³-hybridized carbons (Fsp3) is 0. The smallest absolute Gasteiger partial charge is 0.231 e. The van der Waals surface area contributed by atoms with Gasteiger partial charge in [-0.05, 0) is 48.2 Å². The molecule has 3 nitrogen and oxygen atoms in total. The number of benzene rings is 2. The number of hydrogen-bond acceptors (Lipinski definition) is 4. The van der Waals surface area contributed by atoms with Gasteiger partial charge in [-0.3, -0.25) is 0 Å². The highest BCUT2D eigenvalue weighted by Crippen LogP contribution is 2.34. The Kier molecular flexibility index (Phi) is 4.14. The first-order valence-corrected chi connectivity index (χ1v) is 7.46. The highest BCUT2D eigenvalue weighted by Gasteiger charge is 2.17. The van der Waals surface area contributed by atoms with Crippen LogP contribution in [0.3, 0.4) is 0 Å². The molecule has 3 aromatic rings. The van der Waals surface area contributed by atoms with Gasteiger partial charge in [-0.15, -0.1) is 0 Å². The molecule has 1 heterocycles. The van der Waals surface area contributed by atoms with Crippen LogP contribution in [0.15, 0.2) is 62.9 Å². The monoisotopic (exact) mass is 330 g/mol. The van der Waals surface area contributed by atoms with E-state index in [1.807, 2.05) is 6.07 Å². The van der Waals surface area contributed by atoms with Crippen LogP contribution in [-0.2, 0) is 0 Å². The standard InChI is InChI=1S/C16H8ClFN2OS/c17-10-5-7-11(8-6-10)22-16-14(9-19)20-15(21-16)12-3-1-2-4-13(12)18/h1-8H. The molecule has 2 aromatic carbocycles. The molecular weight excluding hydrogens is 323 g/mol. The minimum Gasteiger partial charge on any atom is -0.428 e. The van der Waals surface area contributed by atoms with Crippen LogP contribution in [0.25, 0.3) is 11.5 Å². The van der Waals surface area contributed by atoms with Crippen LogP contribution in [-0.4, -0.2) is 4.98 Å². The molecule has 1 aromatic heterocycles. The summed E-state index contributed by atoms with van der Waals surface area (Å²) in [5, 5.41) is 10.1. The second kappa shape index (κ2) is 6.22. The van der Waals surface area contributed by atoms with E-state index < -0.39 is 5.82 Å². The van der Waals surface area contributed by atoms with Gasteiger partial charge in [0.1, 0.15) is 11.9 Å². The molecule has 22 heavy (non-hydrogen) atoms. The van der Waals surface area contributed by atoms with Crippen molar-refractivity contribution < 1.29 is 8.81 Å². The lowest BCUT2D eigenvalue weighted by atomic mass is 10.2. The predicted molar refractivity (Wildman–Crippen MR) is 82.2 cm³/mol. The van der Waals surface area contributed by atoms with E-state index in [-0.39, 0.29) is 17.1 Å². The lowest BCUT2D eigenvalue weighted by Crippen LogP contribution is -1.83. The molecule has 0 aliphatic carbocycles. The van der Waals surface area contributed by atoms with E-state index in [1.165, 1.54) is 17.8 Å². The third-order valence-corrected chi connectivity index (χ3v) is 4.05. The number of oxazole rings is 1. The maximum atomic E-state index is 13.8. The van der Waals surface area contributed by atoms with Gasteiger partial charge in [0.05, 0.1) is 5.56 Å². The molecule has 0 amide bonds. The summed E-state index contributed by atoms with van der Waals surface area (Å²) in [7, 11) is 0. The summed E-state index contributed by atoms with van der Waals surface area (Å²) in [5.74, 6) is -0.359. The summed E-state index contributed by atoms with van der Waals surface area (Å²) in [4.78, 5) is 4.90. The molecule has 0 N–H and O–H groups in total. The van der Waals surface area contributed by atoms with Crippen molar-refractivity contribution in [1.82, 2.24) is 4.98 Å². The van der Waals surface area contributed by atoms with Crippen molar-refractivity contribution in [2.24, 2.45) is 0 Å². The molecule has 0 saturated heterocycles. The van der Waals surface area contributed by atoms with Gasteiger partial charge in [-0.2, -0.15) is 10.2 Å². The molecule has 0 saturated carbocycles. The van der Waals surface area contributed by atoms with Crippen LogP contribution < -0.4 is 0 Å². The molecule has 0 spiro atoms. The number of hydrogen-bond donors (Lipinski definition) is 0. The number of nitriles is 1. The van der Waals surface area contributed by atoms with Crippen LogP contribution in [0.5, 0.6) is 0 Å². The van der Waals surface area contributed by atoms with Crippen molar-refractivity contribution in [3.8, 4) is 17.5 Å². The predicted octanol–water partition coefficient (Wildman–Crippen LogP) is 5.16. The molecule has 0 radical (unpaired) electrons. The number of aromatic nitrogens is 1. The first-order chi connectivity index (χ1) is 10.7. The number of nitrogens with zero attached hydrogens (tertiary/aromatic N) is 2. The van der Waals surface area contributed by atoms with Crippen molar-refractivity contribution in [2.45, 2.75) is 9.99 Å². The van der Waals surface area contributed by atoms with Crippen molar-refractivity contribution in [1.29, 1.82) is 5.26 Å². The second-order valence-corrected chi connectivity index (χ2v) is 5.79. The Morgan fingerprint density at radius 3 is 2.55 bits per heavy atom. The van der Waals surface area contributed by atoms with Gasteiger partial charge in [0.2, 0.25) is 11.0 Å². The quantitative estimate of drug-likeness (QED) is 0.665. The Labute approximate surface area is 135 Å². The summed E-state index contributed by atoms with van der Waals surface area (Å²) in [5.41, 5.74) is 0.347. The van der Waals surface area contributed by atoms with Crippen molar-refractivity contribution in [3.63, 3.8) is 0 Å². The zero-order valence-corrected chi connectivity index (χ0v) is 12.7. The minimum absolute atomic E-state index is 0.0890. The van der Waals surface area contributed by atoms with E-state index >= 15 is 0 Å². The molecule has 3 rings (SSSR count). The molecule has 0 fully saturated rings. The summed E-state index contributed by atoms with van der Waals surface area (Å²) < 4.78 is 19.4. The zero-order valence-electron chi connectivity index (χ0n) is 11.1. The van der Waals surface area contributed by atoms with Gasteiger partial charge in [0.15, 0.2) is 5.69 Å². The molecule has 0 bridgehead atoms. The summed E-state index contributed by atoms with van der Waals surface area (Å²) >= 11 is 7.07. The van der Waals surface area contributed by atoms with Gasteiger partial charge in [-0.1, -0.05) is 23.7 Å². The zero-order chi connectivity index (χ0) is 15.5. The second-order valence-electron chi connectivity index (χ2n) is 4.30. The van der Waals surface area contributed by atoms with Gasteiger partial charge in [-0.25, -0.2) is 4.39 Å². The molecule has 0 atom stereocenters. The van der Waals surface area contributed by atoms with Crippen molar-refractivity contribution in [3.05, 3.63) is 65.1 Å². The van der Waals surface area contributed by atoms with Gasteiger partial charge < -0.3 is 4.42 Å². The average molecular weight is 331 g/mol. The van der Waals surface area contributed by atoms with Crippen LogP contribution >= 0.6 is 23.4 Å². The SMILES string of the molecule is N#Cc1nc(-c2ccccc2F)oc1Sc1ccc(Cl)cc1. The Morgan fingerprint density at radius 1 is 1.14 bits per heavy atom. The average Bonchev–Trinajstić information content (AvgIpc) is 2.93. The molecule has 108 valence electrons. The van der Waals surface area contributed by atoms with Crippen molar-refractivity contribution in [2.75, 3.05) is 0 Å². The van der Waals surface area contributed by atoms with Gasteiger partial charge >= 0.3 is 0 Å². The lowest BCUT2D eigenvalue weighted by Gasteiger charge is -1.98. The molecule has 0 unspecified atom stereocenters. The largest absolute Gasteiger partial charge is 0.428 e.